The SMILES string of the molecule is C[C@@H]1CCc2ncnc(N3c4ccc(C(=O)O)cc4C4(CCNCC4)[C@@H]3C(=O)OC(C)(C)C)c21. The van der Waals surface area contributed by atoms with Crippen LogP contribution in [0.3, 0.4) is 0 Å². The Hall–Kier alpha value is -3.00. The number of nitrogens with zero attached hydrogens (tertiary/aromatic N) is 3. The zero-order valence-corrected chi connectivity index (χ0v) is 20.2. The third-order valence-corrected chi connectivity index (χ3v) is 7.43. The summed E-state index contributed by atoms with van der Waals surface area (Å²) in [5.41, 5.74) is 2.83. The highest BCUT2D eigenvalue weighted by atomic mass is 16.6. The minimum absolute atomic E-state index is 0.225. The average molecular weight is 465 g/mol. The average Bonchev–Trinajstić information content (AvgIpc) is 3.29. The zero-order chi connectivity index (χ0) is 24.3. The fraction of sp³-hybridized carbons (Fsp3) is 0.538. The van der Waals surface area contributed by atoms with Gasteiger partial charge < -0.3 is 20.1 Å². The van der Waals surface area contributed by atoms with Crippen LogP contribution in [0.15, 0.2) is 24.5 Å². The molecule has 8 nitrogen and oxygen atoms in total. The Morgan fingerprint density at radius 3 is 2.62 bits per heavy atom. The van der Waals surface area contributed by atoms with Gasteiger partial charge in [-0.15, -0.1) is 0 Å². The van der Waals surface area contributed by atoms with Crippen LogP contribution in [0.1, 0.15) is 80.1 Å². The first kappa shape index (κ1) is 22.8. The Balaban J connectivity index is 1.76. The summed E-state index contributed by atoms with van der Waals surface area (Å²) in [6, 6.07) is 4.57. The predicted molar refractivity (Wildman–Crippen MR) is 128 cm³/mol. The molecule has 2 N–H and O–H groups in total. The highest BCUT2D eigenvalue weighted by Gasteiger charge is 2.57. The number of ether oxygens (including phenoxy) is 1. The minimum atomic E-state index is -0.976. The van der Waals surface area contributed by atoms with E-state index >= 15 is 0 Å². The van der Waals surface area contributed by atoms with Crippen LogP contribution in [0, 0.1) is 0 Å². The number of carbonyl (C=O) groups is 2. The third-order valence-electron chi connectivity index (χ3n) is 7.43. The van der Waals surface area contributed by atoms with Gasteiger partial charge in [-0.05, 0) is 89.2 Å². The number of carboxylic acids is 1. The van der Waals surface area contributed by atoms with Gasteiger partial charge in [0.2, 0.25) is 0 Å². The second kappa shape index (κ2) is 8.05. The smallest absolute Gasteiger partial charge is 0.335 e. The molecule has 0 radical (unpaired) electrons. The van der Waals surface area contributed by atoms with Crippen LogP contribution in [0.4, 0.5) is 11.5 Å². The number of aromatic carboxylic acids is 1. The number of anilines is 2. The van der Waals surface area contributed by atoms with E-state index in [0.717, 1.165) is 54.3 Å². The van der Waals surface area contributed by atoms with Crippen LogP contribution in [0.25, 0.3) is 0 Å². The van der Waals surface area contributed by atoms with E-state index in [4.69, 9.17) is 9.72 Å². The van der Waals surface area contributed by atoms with Crippen molar-refractivity contribution in [3.63, 3.8) is 0 Å². The summed E-state index contributed by atoms with van der Waals surface area (Å²) in [7, 11) is 0. The fourth-order valence-electron chi connectivity index (χ4n) is 5.97. The Kier molecular flexibility index (Phi) is 5.39. The van der Waals surface area contributed by atoms with Crippen molar-refractivity contribution in [2.75, 3.05) is 18.0 Å². The molecule has 8 heteroatoms. The highest BCUT2D eigenvalue weighted by Crippen LogP contribution is 2.55. The molecule has 1 saturated heterocycles. The quantitative estimate of drug-likeness (QED) is 0.663. The molecule has 0 saturated carbocycles. The van der Waals surface area contributed by atoms with Gasteiger partial charge in [0.25, 0.3) is 0 Å². The number of nitrogens with one attached hydrogen (secondary N) is 1. The Morgan fingerprint density at radius 2 is 1.94 bits per heavy atom. The van der Waals surface area contributed by atoms with Crippen molar-refractivity contribution in [2.45, 2.75) is 76.4 Å². The van der Waals surface area contributed by atoms with Crippen molar-refractivity contribution >= 4 is 23.4 Å². The van der Waals surface area contributed by atoms with E-state index in [9.17, 15) is 14.7 Å². The van der Waals surface area contributed by atoms with E-state index in [1.165, 1.54) is 0 Å². The number of rotatable bonds is 3. The number of aryl methyl sites for hydroxylation is 1. The third kappa shape index (κ3) is 3.55. The monoisotopic (exact) mass is 464 g/mol. The first-order valence-corrected chi connectivity index (χ1v) is 12.1. The number of hydrogen-bond donors (Lipinski definition) is 2. The van der Waals surface area contributed by atoms with Crippen molar-refractivity contribution in [1.82, 2.24) is 15.3 Å². The molecule has 0 bridgehead atoms. The van der Waals surface area contributed by atoms with Crippen LogP contribution in [-0.4, -0.2) is 51.7 Å². The molecule has 1 spiro atoms. The summed E-state index contributed by atoms with van der Waals surface area (Å²) in [5, 5.41) is 13.1. The molecule has 0 amide bonds. The molecule has 1 aromatic heterocycles. The lowest BCUT2D eigenvalue weighted by Gasteiger charge is -2.41. The molecule has 1 aromatic carbocycles. The van der Waals surface area contributed by atoms with E-state index in [1.807, 2.05) is 31.7 Å². The Labute approximate surface area is 199 Å². The first-order chi connectivity index (χ1) is 16.1. The van der Waals surface area contributed by atoms with Crippen LogP contribution in [0.5, 0.6) is 0 Å². The number of esters is 1. The van der Waals surface area contributed by atoms with E-state index in [0.29, 0.717) is 12.8 Å². The first-order valence-electron chi connectivity index (χ1n) is 12.1. The van der Waals surface area contributed by atoms with Gasteiger partial charge in [0, 0.05) is 22.4 Å². The van der Waals surface area contributed by atoms with Gasteiger partial charge in [0.15, 0.2) is 0 Å². The second-order valence-electron chi connectivity index (χ2n) is 10.7. The summed E-state index contributed by atoms with van der Waals surface area (Å²) < 4.78 is 6.00. The fourth-order valence-corrected chi connectivity index (χ4v) is 5.97. The zero-order valence-electron chi connectivity index (χ0n) is 20.2. The van der Waals surface area contributed by atoms with Crippen LogP contribution >= 0.6 is 0 Å². The van der Waals surface area contributed by atoms with Crippen molar-refractivity contribution in [3.05, 3.63) is 46.9 Å². The maximum absolute atomic E-state index is 13.9. The molecule has 1 aliphatic carbocycles. The molecule has 0 unspecified atom stereocenters. The number of carbonyl (C=O) groups excluding carboxylic acids is 1. The van der Waals surface area contributed by atoms with Gasteiger partial charge in [-0.1, -0.05) is 6.92 Å². The van der Waals surface area contributed by atoms with Crippen molar-refractivity contribution in [1.29, 1.82) is 0 Å². The van der Waals surface area contributed by atoms with Gasteiger partial charge in [-0.2, -0.15) is 0 Å². The molecule has 5 rings (SSSR count). The molecule has 3 aliphatic rings. The maximum Gasteiger partial charge on any atom is 0.335 e. The summed E-state index contributed by atoms with van der Waals surface area (Å²) in [5.74, 6) is -0.265. The van der Waals surface area contributed by atoms with Gasteiger partial charge in [-0.3, -0.25) is 0 Å². The second-order valence-corrected chi connectivity index (χ2v) is 10.7. The van der Waals surface area contributed by atoms with Gasteiger partial charge in [-0.25, -0.2) is 19.6 Å². The topological polar surface area (TPSA) is 105 Å². The minimum Gasteiger partial charge on any atom is -0.478 e. The number of carboxylic acid groups (broad SMARTS) is 1. The standard InChI is InChI=1S/C26H32N4O4/c1-15-5-7-18-20(15)22(29-14-28-18)30-19-8-6-16(23(31)32)13-17(19)26(9-11-27-12-10-26)21(30)24(33)34-25(2,3)4/h6,8,13-15,21,27H,5,7,9-12H2,1-4H3,(H,31,32)/t15-,21+/m1/s1. The lowest BCUT2D eigenvalue weighted by Crippen LogP contribution is -2.55. The van der Waals surface area contributed by atoms with Crippen molar-refractivity contribution < 1.29 is 19.4 Å². The normalized spacial score (nSPS) is 23.0. The summed E-state index contributed by atoms with van der Waals surface area (Å²) in [4.78, 5) is 37.1. The molecular weight excluding hydrogens is 432 g/mol. The number of benzene rings is 1. The summed E-state index contributed by atoms with van der Waals surface area (Å²) in [6.07, 6.45) is 4.86. The maximum atomic E-state index is 13.9. The van der Waals surface area contributed by atoms with Gasteiger partial charge in [0.1, 0.15) is 23.8 Å². The molecule has 180 valence electrons. The van der Waals surface area contributed by atoms with E-state index in [-0.39, 0.29) is 17.5 Å². The van der Waals surface area contributed by atoms with Gasteiger partial charge in [0.05, 0.1) is 5.56 Å². The molecule has 1 fully saturated rings. The number of fused-ring (bicyclic) bond motifs is 3. The van der Waals surface area contributed by atoms with Crippen molar-refractivity contribution in [3.8, 4) is 0 Å². The van der Waals surface area contributed by atoms with Crippen LogP contribution in [0.2, 0.25) is 0 Å². The van der Waals surface area contributed by atoms with E-state index < -0.39 is 23.0 Å². The summed E-state index contributed by atoms with van der Waals surface area (Å²) in [6.45, 7) is 9.27. The summed E-state index contributed by atoms with van der Waals surface area (Å²) >= 11 is 0. The highest BCUT2D eigenvalue weighted by molar-refractivity contribution is 5.94. The number of aromatic nitrogens is 2. The van der Waals surface area contributed by atoms with E-state index in [1.54, 1.807) is 18.5 Å². The molecule has 2 atom stereocenters. The van der Waals surface area contributed by atoms with E-state index in [2.05, 4.69) is 17.2 Å². The predicted octanol–water partition coefficient (Wildman–Crippen LogP) is 3.71. The molecule has 34 heavy (non-hydrogen) atoms. The molecular formula is C26H32N4O4. The molecule has 2 aliphatic heterocycles. The molecule has 2 aromatic rings. The van der Waals surface area contributed by atoms with Crippen molar-refractivity contribution in [2.24, 2.45) is 0 Å². The Morgan fingerprint density at radius 1 is 1.21 bits per heavy atom. The van der Waals surface area contributed by atoms with Crippen LogP contribution < -0.4 is 10.2 Å². The van der Waals surface area contributed by atoms with Crippen LogP contribution in [-0.2, 0) is 21.4 Å². The van der Waals surface area contributed by atoms with Gasteiger partial charge >= 0.3 is 11.9 Å². The molecule has 3 heterocycles. The lowest BCUT2D eigenvalue weighted by atomic mass is 9.69. The number of piperidine rings is 1. The lowest BCUT2D eigenvalue weighted by molar-refractivity contribution is -0.158. The number of hydrogen-bond acceptors (Lipinski definition) is 7. The largest absolute Gasteiger partial charge is 0.478 e. The Bertz CT molecular complexity index is 1150.